The van der Waals surface area contributed by atoms with E-state index in [4.69, 9.17) is 17.2 Å². The third-order valence-electron chi connectivity index (χ3n) is 1.50. The van der Waals surface area contributed by atoms with Crippen molar-refractivity contribution in [2.75, 3.05) is 34.2 Å². The molecule has 0 aliphatic rings. The monoisotopic (exact) mass is 291 g/mol. The van der Waals surface area contributed by atoms with Crippen molar-refractivity contribution in [1.82, 2.24) is 16.0 Å². The molecule has 0 rings (SSSR count). The molecule has 0 heterocycles. The van der Waals surface area contributed by atoms with E-state index in [2.05, 4.69) is 20.9 Å². The summed E-state index contributed by atoms with van der Waals surface area (Å²) < 4.78 is 0. The van der Waals surface area contributed by atoms with Gasteiger partial charge in [-0.3, -0.25) is 19.4 Å². The summed E-state index contributed by atoms with van der Waals surface area (Å²) in [6, 6.07) is 0. The Morgan fingerprint density at radius 1 is 1.05 bits per heavy atom. The highest BCUT2D eigenvalue weighted by Gasteiger charge is 1.95. The fraction of sp³-hybridized carbons (Fsp3) is 0.600. The van der Waals surface area contributed by atoms with E-state index in [1.165, 1.54) is 21.0 Å². The standard InChI is InChI=1S/C5H10N2O2.C3H8N2O.C2H7N3/c1-4(8)7-3-5(9)6-2;1-5-3(6)2-4;1-5-2(3)4/h3H2,1-2H3,(H,6,9)(H,7,8);2,4H2,1H3,(H,5,6);1H3,(H4,3,4,5). The van der Waals surface area contributed by atoms with E-state index in [-0.39, 0.29) is 36.8 Å². The van der Waals surface area contributed by atoms with Crippen LogP contribution in [0.3, 0.4) is 0 Å². The largest absolute Gasteiger partial charge is 0.370 e. The number of guanidine groups is 1. The first kappa shape index (κ1) is 22.8. The predicted molar refractivity (Wildman–Crippen MR) is 77.6 cm³/mol. The summed E-state index contributed by atoms with van der Waals surface area (Å²) in [6.45, 7) is 1.51. The third-order valence-corrected chi connectivity index (χ3v) is 1.50. The van der Waals surface area contributed by atoms with Gasteiger partial charge in [0.15, 0.2) is 5.96 Å². The van der Waals surface area contributed by atoms with Crippen LogP contribution >= 0.6 is 0 Å². The number of hydrogen-bond donors (Lipinski definition) is 6. The van der Waals surface area contributed by atoms with Crippen LogP contribution in [-0.2, 0) is 14.4 Å². The minimum atomic E-state index is -0.196. The maximum absolute atomic E-state index is 10.4. The van der Waals surface area contributed by atoms with E-state index >= 15 is 0 Å². The van der Waals surface area contributed by atoms with Gasteiger partial charge in [0.25, 0.3) is 0 Å². The molecule has 0 unspecified atom stereocenters. The van der Waals surface area contributed by atoms with Crippen LogP contribution in [0.15, 0.2) is 4.99 Å². The van der Waals surface area contributed by atoms with Gasteiger partial charge in [0.1, 0.15) is 0 Å². The summed E-state index contributed by atoms with van der Waals surface area (Å²) in [7, 11) is 4.61. The molecule has 0 fully saturated rings. The number of carbonyl (C=O) groups is 3. The molecule has 10 nitrogen and oxygen atoms in total. The first-order valence-electron chi connectivity index (χ1n) is 5.58. The molecule has 0 aromatic heterocycles. The summed E-state index contributed by atoms with van der Waals surface area (Å²) >= 11 is 0. The number of nitrogens with two attached hydrogens (primary N) is 3. The molecule has 0 atom stereocenters. The zero-order chi connectivity index (χ0) is 16.6. The Bertz CT molecular complexity index is 308. The lowest BCUT2D eigenvalue weighted by molar-refractivity contribution is -0.124. The molecule has 0 saturated heterocycles. The van der Waals surface area contributed by atoms with E-state index in [0.717, 1.165) is 0 Å². The predicted octanol–water partition coefficient (Wildman–Crippen LogP) is -3.55. The van der Waals surface area contributed by atoms with Gasteiger partial charge in [-0.25, -0.2) is 0 Å². The van der Waals surface area contributed by atoms with Gasteiger partial charge >= 0.3 is 0 Å². The third kappa shape index (κ3) is 29.6. The van der Waals surface area contributed by atoms with Crippen molar-refractivity contribution in [3.63, 3.8) is 0 Å². The van der Waals surface area contributed by atoms with Crippen LogP contribution in [0.25, 0.3) is 0 Å². The second-order valence-corrected chi connectivity index (χ2v) is 3.11. The van der Waals surface area contributed by atoms with Crippen molar-refractivity contribution in [2.24, 2.45) is 22.2 Å². The fourth-order valence-electron chi connectivity index (χ4n) is 0.395. The number of nitrogens with one attached hydrogen (secondary N) is 3. The molecule has 3 amide bonds. The summed E-state index contributed by atoms with van der Waals surface area (Å²) in [5.41, 5.74) is 14.5. The van der Waals surface area contributed by atoms with E-state index in [1.54, 1.807) is 7.05 Å². The molecule has 20 heavy (non-hydrogen) atoms. The van der Waals surface area contributed by atoms with E-state index in [9.17, 15) is 14.4 Å². The average Bonchev–Trinajstić information content (AvgIpc) is 2.44. The SMILES string of the molecule is CN=C(N)N.CNC(=O)CN.CNC(=O)CNC(C)=O. The summed E-state index contributed by atoms with van der Waals surface area (Å²) in [5.74, 6) is -0.385. The van der Waals surface area contributed by atoms with Gasteiger partial charge in [0.05, 0.1) is 13.1 Å². The minimum Gasteiger partial charge on any atom is -0.370 e. The molecule has 0 bridgehead atoms. The van der Waals surface area contributed by atoms with E-state index in [1.807, 2.05) is 0 Å². The second-order valence-electron chi connectivity index (χ2n) is 3.11. The smallest absolute Gasteiger partial charge is 0.239 e. The molecule has 0 aromatic carbocycles. The number of aliphatic imine (C=N–C) groups is 1. The molecular formula is C10H25N7O3. The van der Waals surface area contributed by atoms with Crippen molar-refractivity contribution >= 4 is 23.7 Å². The van der Waals surface area contributed by atoms with Crippen LogP contribution in [0.2, 0.25) is 0 Å². The Morgan fingerprint density at radius 3 is 1.60 bits per heavy atom. The Balaban J connectivity index is -0.000000230. The molecule has 118 valence electrons. The van der Waals surface area contributed by atoms with Gasteiger partial charge in [-0.05, 0) is 0 Å². The molecular weight excluding hydrogens is 266 g/mol. The van der Waals surface area contributed by atoms with Gasteiger partial charge in [0, 0.05) is 28.1 Å². The lowest BCUT2D eigenvalue weighted by atomic mass is 10.5. The first-order chi connectivity index (χ1) is 9.24. The van der Waals surface area contributed by atoms with Gasteiger partial charge in [0.2, 0.25) is 17.7 Å². The zero-order valence-electron chi connectivity index (χ0n) is 12.3. The quantitative estimate of drug-likeness (QED) is 0.231. The van der Waals surface area contributed by atoms with Gasteiger partial charge < -0.3 is 33.2 Å². The number of carbonyl (C=O) groups excluding carboxylic acids is 3. The lowest BCUT2D eigenvalue weighted by Crippen LogP contribution is -2.33. The van der Waals surface area contributed by atoms with Gasteiger partial charge in [-0.1, -0.05) is 0 Å². The molecule has 9 N–H and O–H groups in total. The molecule has 0 aliphatic carbocycles. The van der Waals surface area contributed by atoms with Crippen LogP contribution in [-0.4, -0.2) is 57.9 Å². The molecule has 0 aliphatic heterocycles. The molecule has 10 heteroatoms. The van der Waals surface area contributed by atoms with Gasteiger partial charge in [-0.15, -0.1) is 0 Å². The Labute approximate surface area is 118 Å². The lowest BCUT2D eigenvalue weighted by Gasteiger charge is -1.98. The highest BCUT2D eigenvalue weighted by atomic mass is 16.2. The first-order valence-corrected chi connectivity index (χ1v) is 5.58. The Morgan fingerprint density at radius 2 is 1.45 bits per heavy atom. The van der Waals surface area contributed by atoms with Crippen molar-refractivity contribution in [3.05, 3.63) is 0 Å². The summed E-state index contributed by atoms with van der Waals surface area (Å²) in [6.07, 6.45) is 0. The molecule has 0 saturated carbocycles. The summed E-state index contributed by atoms with van der Waals surface area (Å²) in [5, 5.41) is 7.06. The second kappa shape index (κ2) is 16.6. The minimum absolute atomic E-state index is 0.0613. The highest BCUT2D eigenvalue weighted by molar-refractivity contribution is 5.83. The van der Waals surface area contributed by atoms with Crippen LogP contribution in [0, 0.1) is 0 Å². The van der Waals surface area contributed by atoms with Crippen LogP contribution in [0.5, 0.6) is 0 Å². The average molecular weight is 291 g/mol. The number of nitrogens with zero attached hydrogens (tertiary/aromatic N) is 1. The number of amides is 3. The van der Waals surface area contributed by atoms with Crippen LogP contribution in [0.4, 0.5) is 0 Å². The van der Waals surface area contributed by atoms with Crippen molar-refractivity contribution in [3.8, 4) is 0 Å². The van der Waals surface area contributed by atoms with Crippen molar-refractivity contribution in [1.29, 1.82) is 0 Å². The maximum atomic E-state index is 10.4. The normalized spacial score (nSPS) is 7.65. The molecule has 0 radical (unpaired) electrons. The zero-order valence-corrected chi connectivity index (χ0v) is 12.3. The van der Waals surface area contributed by atoms with Crippen molar-refractivity contribution < 1.29 is 14.4 Å². The van der Waals surface area contributed by atoms with E-state index in [0.29, 0.717) is 0 Å². The topological polar surface area (TPSA) is 178 Å². The molecule has 0 spiro atoms. The van der Waals surface area contributed by atoms with E-state index < -0.39 is 0 Å². The molecule has 0 aromatic rings. The highest BCUT2D eigenvalue weighted by Crippen LogP contribution is 1.61. The number of rotatable bonds is 3. The Hall–Kier alpha value is -2.36. The van der Waals surface area contributed by atoms with Crippen LogP contribution < -0.4 is 33.2 Å². The number of likely N-dealkylation sites (N-methyl/N-ethyl adjacent to an activating group) is 2. The van der Waals surface area contributed by atoms with Crippen LogP contribution in [0.1, 0.15) is 6.92 Å². The van der Waals surface area contributed by atoms with Gasteiger partial charge in [-0.2, -0.15) is 0 Å². The van der Waals surface area contributed by atoms with Crippen molar-refractivity contribution in [2.45, 2.75) is 6.92 Å². The summed E-state index contributed by atoms with van der Waals surface area (Å²) in [4.78, 5) is 33.9. The maximum Gasteiger partial charge on any atom is 0.239 e. The fourth-order valence-corrected chi connectivity index (χ4v) is 0.395. The number of hydrogen-bond acceptors (Lipinski definition) is 5. The Kier molecular flexibility index (Phi) is 19.0.